The summed E-state index contributed by atoms with van der Waals surface area (Å²) in [6, 6.07) is 15.2. The highest BCUT2D eigenvalue weighted by Gasteiger charge is 2.31. The van der Waals surface area contributed by atoms with Crippen LogP contribution < -0.4 is 15.4 Å². The molecule has 0 atom stereocenters. The predicted octanol–water partition coefficient (Wildman–Crippen LogP) is 5.46. The molecule has 0 aliphatic rings. The molecule has 0 saturated heterocycles. The third-order valence-electron chi connectivity index (χ3n) is 4.56. The van der Waals surface area contributed by atoms with Crippen LogP contribution in [0.4, 0.5) is 30.6 Å². The molecule has 170 valence electrons. The summed E-state index contributed by atoms with van der Waals surface area (Å²) in [7, 11) is 3.99. The van der Waals surface area contributed by atoms with Crippen LogP contribution in [0.15, 0.2) is 54.6 Å². The van der Waals surface area contributed by atoms with E-state index in [0.717, 1.165) is 24.2 Å². The summed E-state index contributed by atoms with van der Waals surface area (Å²) in [6.07, 6.45) is -3.88. The number of nitrogens with one attached hydrogen (secondary N) is 2. The van der Waals surface area contributed by atoms with Crippen molar-refractivity contribution in [3.05, 3.63) is 60.2 Å². The number of alkyl halides is 3. The fraction of sp³-hybridized carbons (Fsp3) is 0.304. The molecule has 32 heavy (non-hydrogen) atoms. The molecule has 0 aliphatic heterocycles. The summed E-state index contributed by atoms with van der Waals surface area (Å²) in [5.41, 5.74) is 2.87. The third-order valence-corrected chi connectivity index (χ3v) is 4.56. The predicted molar refractivity (Wildman–Crippen MR) is 120 cm³/mol. The molecule has 2 N–H and O–H groups in total. The SMILES string of the molecule is Cc1ccccc1Nc1cc(-c2cccc(OC(F)(F)F)c2)nc(NCCCN(C)C)n1. The lowest BCUT2D eigenvalue weighted by Gasteiger charge is -2.14. The average molecular weight is 445 g/mol. The minimum atomic E-state index is -4.76. The summed E-state index contributed by atoms with van der Waals surface area (Å²) in [5, 5.41) is 6.48. The van der Waals surface area contributed by atoms with Crippen molar-refractivity contribution in [3.8, 4) is 17.0 Å². The standard InChI is InChI=1S/C23H26F3N5O/c1-16-8-4-5-11-19(16)28-21-15-20(29-22(30-21)27-12-7-13-31(2)3)17-9-6-10-18(14-17)32-23(24,25)26/h4-6,8-11,14-15H,7,12-13H2,1-3H3,(H2,27,28,29,30). The summed E-state index contributed by atoms with van der Waals surface area (Å²) in [4.78, 5) is 11.1. The number of ether oxygens (including phenoxy) is 1. The smallest absolute Gasteiger partial charge is 0.406 e. The lowest BCUT2D eigenvalue weighted by molar-refractivity contribution is -0.274. The van der Waals surface area contributed by atoms with Crippen LogP contribution in [0.25, 0.3) is 11.3 Å². The van der Waals surface area contributed by atoms with Crippen molar-refractivity contribution in [2.24, 2.45) is 0 Å². The first-order valence-electron chi connectivity index (χ1n) is 10.2. The Balaban J connectivity index is 1.91. The molecule has 9 heteroatoms. The zero-order chi connectivity index (χ0) is 23.1. The fourth-order valence-electron chi connectivity index (χ4n) is 3.04. The zero-order valence-electron chi connectivity index (χ0n) is 18.2. The number of nitrogens with zero attached hydrogens (tertiary/aromatic N) is 3. The first-order valence-corrected chi connectivity index (χ1v) is 10.2. The van der Waals surface area contributed by atoms with Crippen LogP contribution in [-0.2, 0) is 0 Å². The molecular weight excluding hydrogens is 419 g/mol. The normalized spacial score (nSPS) is 11.5. The maximum absolute atomic E-state index is 12.6. The summed E-state index contributed by atoms with van der Waals surface area (Å²) >= 11 is 0. The van der Waals surface area contributed by atoms with Gasteiger partial charge in [-0.05, 0) is 57.7 Å². The van der Waals surface area contributed by atoms with Gasteiger partial charge in [-0.15, -0.1) is 13.2 Å². The molecule has 3 rings (SSSR count). The van der Waals surface area contributed by atoms with Gasteiger partial charge in [0.1, 0.15) is 11.6 Å². The largest absolute Gasteiger partial charge is 0.573 e. The van der Waals surface area contributed by atoms with Gasteiger partial charge in [0.05, 0.1) is 5.69 Å². The molecule has 1 aromatic heterocycles. The van der Waals surface area contributed by atoms with Crippen LogP contribution in [0.1, 0.15) is 12.0 Å². The van der Waals surface area contributed by atoms with Crippen molar-refractivity contribution in [1.82, 2.24) is 14.9 Å². The van der Waals surface area contributed by atoms with Crippen molar-refractivity contribution in [3.63, 3.8) is 0 Å². The molecule has 0 aliphatic carbocycles. The van der Waals surface area contributed by atoms with Crippen LogP contribution >= 0.6 is 0 Å². The monoisotopic (exact) mass is 445 g/mol. The Kier molecular flexibility index (Phi) is 7.53. The first-order chi connectivity index (χ1) is 15.2. The number of anilines is 3. The van der Waals surface area contributed by atoms with Crippen LogP contribution in [-0.4, -0.2) is 48.4 Å². The van der Waals surface area contributed by atoms with E-state index in [4.69, 9.17) is 0 Å². The third kappa shape index (κ3) is 7.12. The number of halogens is 3. The Bertz CT molecular complexity index is 1040. The molecule has 2 aromatic carbocycles. The maximum Gasteiger partial charge on any atom is 0.573 e. The minimum Gasteiger partial charge on any atom is -0.406 e. The molecule has 3 aromatic rings. The minimum absolute atomic E-state index is 0.303. The number of aryl methyl sites for hydroxylation is 1. The van der Waals surface area contributed by atoms with Gasteiger partial charge in [0, 0.05) is 23.9 Å². The number of hydrogen-bond donors (Lipinski definition) is 2. The van der Waals surface area contributed by atoms with E-state index in [9.17, 15) is 13.2 Å². The number of benzene rings is 2. The summed E-state index contributed by atoms with van der Waals surface area (Å²) in [6.45, 7) is 3.53. The lowest BCUT2D eigenvalue weighted by atomic mass is 10.1. The summed E-state index contributed by atoms with van der Waals surface area (Å²) < 4.78 is 42.0. The van der Waals surface area contributed by atoms with Gasteiger partial charge in [-0.1, -0.05) is 30.3 Å². The van der Waals surface area contributed by atoms with E-state index in [2.05, 4.69) is 30.2 Å². The molecule has 0 unspecified atom stereocenters. The van der Waals surface area contributed by atoms with E-state index in [1.165, 1.54) is 18.2 Å². The number of aromatic nitrogens is 2. The second-order valence-corrected chi connectivity index (χ2v) is 7.56. The van der Waals surface area contributed by atoms with Crippen molar-refractivity contribution >= 4 is 17.5 Å². The van der Waals surface area contributed by atoms with Gasteiger partial charge in [-0.25, -0.2) is 4.98 Å². The lowest BCUT2D eigenvalue weighted by Crippen LogP contribution is -2.17. The van der Waals surface area contributed by atoms with Crippen LogP contribution in [0.3, 0.4) is 0 Å². The molecule has 0 bridgehead atoms. The zero-order valence-corrected chi connectivity index (χ0v) is 18.2. The van der Waals surface area contributed by atoms with Gasteiger partial charge >= 0.3 is 6.36 Å². The van der Waals surface area contributed by atoms with Gasteiger partial charge in [0.25, 0.3) is 0 Å². The van der Waals surface area contributed by atoms with Gasteiger partial charge in [0.2, 0.25) is 5.95 Å². The Hall–Kier alpha value is -3.33. The van der Waals surface area contributed by atoms with E-state index >= 15 is 0 Å². The van der Waals surface area contributed by atoms with Gasteiger partial charge < -0.3 is 20.3 Å². The van der Waals surface area contributed by atoms with E-state index in [-0.39, 0.29) is 5.75 Å². The van der Waals surface area contributed by atoms with Crippen LogP contribution in [0, 0.1) is 6.92 Å². The Morgan fingerprint density at radius 2 is 1.78 bits per heavy atom. The van der Waals surface area contributed by atoms with Gasteiger partial charge in [0.15, 0.2) is 0 Å². The van der Waals surface area contributed by atoms with E-state index in [0.29, 0.717) is 29.6 Å². The highest BCUT2D eigenvalue weighted by Crippen LogP contribution is 2.29. The molecular formula is C23H26F3N5O. The van der Waals surface area contributed by atoms with Crippen molar-refractivity contribution < 1.29 is 17.9 Å². The Labute approximate surface area is 185 Å². The second-order valence-electron chi connectivity index (χ2n) is 7.56. The molecule has 0 spiro atoms. The topological polar surface area (TPSA) is 62.3 Å². The molecule has 6 nitrogen and oxygen atoms in total. The van der Waals surface area contributed by atoms with Gasteiger partial charge in [-0.3, -0.25) is 0 Å². The average Bonchev–Trinajstić information content (AvgIpc) is 2.72. The molecule has 1 heterocycles. The quantitative estimate of drug-likeness (QED) is 0.427. The number of para-hydroxylation sites is 1. The van der Waals surface area contributed by atoms with Crippen LogP contribution in [0.2, 0.25) is 0 Å². The Morgan fingerprint density at radius 3 is 2.50 bits per heavy atom. The van der Waals surface area contributed by atoms with E-state index in [1.807, 2.05) is 45.3 Å². The number of rotatable bonds is 9. The molecule has 0 fully saturated rings. The van der Waals surface area contributed by atoms with E-state index in [1.54, 1.807) is 12.1 Å². The van der Waals surface area contributed by atoms with Crippen molar-refractivity contribution in [2.45, 2.75) is 19.7 Å². The van der Waals surface area contributed by atoms with Crippen LogP contribution in [0.5, 0.6) is 5.75 Å². The second kappa shape index (κ2) is 10.3. The maximum atomic E-state index is 12.6. The molecule has 0 radical (unpaired) electrons. The first kappa shape index (κ1) is 23.3. The summed E-state index contributed by atoms with van der Waals surface area (Å²) in [5.74, 6) is 0.614. The Morgan fingerprint density at radius 1 is 1.00 bits per heavy atom. The highest BCUT2D eigenvalue weighted by atomic mass is 19.4. The molecule has 0 amide bonds. The van der Waals surface area contributed by atoms with Gasteiger partial charge in [-0.2, -0.15) is 4.98 Å². The number of hydrogen-bond acceptors (Lipinski definition) is 6. The van der Waals surface area contributed by atoms with Crippen molar-refractivity contribution in [2.75, 3.05) is 37.8 Å². The van der Waals surface area contributed by atoms with Crippen molar-refractivity contribution in [1.29, 1.82) is 0 Å². The molecule has 0 saturated carbocycles. The van der Waals surface area contributed by atoms with E-state index < -0.39 is 6.36 Å². The highest BCUT2D eigenvalue weighted by molar-refractivity contribution is 5.69. The fourth-order valence-corrected chi connectivity index (χ4v) is 3.04.